The second kappa shape index (κ2) is 5.47. The van der Waals surface area contributed by atoms with Gasteiger partial charge in [0.1, 0.15) is 5.76 Å². The van der Waals surface area contributed by atoms with E-state index in [1.807, 2.05) is 6.08 Å². The van der Waals surface area contributed by atoms with Crippen molar-refractivity contribution in [1.82, 2.24) is 0 Å². The summed E-state index contributed by atoms with van der Waals surface area (Å²) in [4.78, 5) is 11.1. The van der Waals surface area contributed by atoms with E-state index in [2.05, 4.69) is 6.58 Å². The van der Waals surface area contributed by atoms with Crippen LogP contribution in [-0.4, -0.2) is 19.2 Å². The Morgan fingerprint density at radius 3 is 3.21 bits per heavy atom. The molecule has 3 heteroatoms. The molecule has 1 aliphatic heterocycles. The first-order valence-corrected chi connectivity index (χ1v) is 4.90. The number of carbonyl (C=O) groups excluding carboxylic acids is 1. The van der Waals surface area contributed by atoms with Crippen molar-refractivity contribution in [3.05, 3.63) is 24.5 Å². The normalized spacial score (nSPS) is 23.2. The van der Waals surface area contributed by atoms with E-state index in [9.17, 15) is 4.79 Å². The predicted octanol–water partition coefficient (Wildman–Crippen LogP) is 2.05. The van der Waals surface area contributed by atoms with Crippen LogP contribution in [-0.2, 0) is 14.3 Å². The van der Waals surface area contributed by atoms with Gasteiger partial charge in [-0.3, -0.25) is 0 Å². The molecule has 0 aromatic heterocycles. The molecule has 0 bridgehead atoms. The van der Waals surface area contributed by atoms with Crippen molar-refractivity contribution in [2.75, 3.05) is 13.2 Å². The van der Waals surface area contributed by atoms with Gasteiger partial charge < -0.3 is 9.47 Å². The molecule has 3 nitrogen and oxygen atoms in total. The Bertz CT molecular complexity index is 243. The maximum Gasteiger partial charge on any atom is 0.334 e. The fourth-order valence-corrected chi connectivity index (χ4v) is 1.47. The van der Waals surface area contributed by atoms with Crippen LogP contribution in [0.5, 0.6) is 0 Å². The van der Waals surface area contributed by atoms with Crippen LogP contribution < -0.4 is 0 Å². The molecule has 1 fully saturated rings. The third kappa shape index (κ3) is 2.91. The largest absolute Gasteiger partial charge is 0.497 e. The molecule has 1 heterocycles. The molecule has 1 saturated heterocycles. The average Bonchev–Trinajstić information content (AvgIpc) is 2.54. The van der Waals surface area contributed by atoms with Crippen LogP contribution in [0.2, 0.25) is 0 Å². The van der Waals surface area contributed by atoms with Gasteiger partial charge in [0.2, 0.25) is 0 Å². The number of carbonyl (C=O) groups is 1. The van der Waals surface area contributed by atoms with Gasteiger partial charge in [0.05, 0.1) is 19.3 Å². The van der Waals surface area contributed by atoms with E-state index in [1.165, 1.54) is 6.08 Å². The lowest BCUT2D eigenvalue weighted by atomic mass is 10.0. The lowest BCUT2D eigenvalue weighted by Crippen LogP contribution is -2.04. The number of ether oxygens (including phenoxy) is 2. The van der Waals surface area contributed by atoms with Crippen molar-refractivity contribution in [2.24, 2.45) is 5.92 Å². The van der Waals surface area contributed by atoms with Crippen LogP contribution in [0, 0.1) is 5.92 Å². The fourth-order valence-electron chi connectivity index (χ4n) is 1.47. The van der Waals surface area contributed by atoms with Gasteiger partial charge in [-0.05, 0) is 19.8 Å². The summed E-state index contributed by atoms with van der Waals surface area (Å²) in [5, 5.41) is 0. The third-order valence-electron chi connectivity index (χ3n) is 2.14. The average molecular weight is 196 g/mol. The highest BCUT2D eigenvalue weighted by Gasteiger charge is 2.22. The first-order valence-electron chi connectivity index (χ1n) is 4.90. The Balaban J connectivity index is 2.56. The van der Waals surface area contributed by atoms with Gasteiger partial charge in [0.25, 0.3) is 0 Å². The highest BCUT2D eigenvalue weighted by molar-refractivity contribution is 5.82. The van der Waals surface area contributed by atoms with E-state index in [-0.39, 0.29) is 5.97 Å². The summed E-state index contributed by atoms with van der Waals surface area (Å²) in [6.45, 7) is 6.54. The molecular formula is C11H16O3. The summed E-state index contributed by atoms with van der Waals surface area (Å²) in [6.07, 6.45) is 5.10. The smallest absolute Gasteiger partial charge is 0.334 e. The molecule has 0 amide bonds. The van der Waals surface area contributed by atoms with Gasteiger partial charge in [0, 0.05) is 5.92 Å². The summed E-state index contributed by atoms with van der Waals surface area (Å²) in [7, 11) is 0. The van der Waals surface area contributed by atoms with Gasteiger partial charge >= 0.3 is 5.97 Å². The van der Waals surface area contributed by atoms with Crippen molar-refractivity contribution in [3.63, 3.8) is 0 Å². The number of allylic oxidation sites excluding steroid dienone is 2. The molecule has 0 saturated carbocycles. The Hall–Kier alpha value is -1.25. The molecule has 14 heavy (non-hydrogen) atoms. The SMILES string of the molecule is C=CCC1CCO/C1=C/C(=O)OCC. The first kappa shape index (κ1) is 10.8. The molecule has 0 N–H and O–H groups in total. The van der Waals surface area contributed by atoms with Crippen molar-refractivity contribution in [2.45, 2.75) is 19.8 Å². The summed E-state index contributed by atoms with van der Waals surface area (Å²) >= 11 is 0. The Morgan fingerprint density at radius 2 is 2.57 bits per heavy atom. The Morgan fingerprint density at radius 1 is 1.79 bits per heavy atom. The van der Waals surface area contributed by atoms with E-state index in [0.29, 0.717) is 19.1 Å². The minimum absolute atomic E-state index is 0.303. The predicted molar refractivity (Wildman–Crippen MR) is 53.6 cm³/mol. The van der Waals surface area contributed by atoms with E-state index >= 15 is 0 Å². The van der Waals surface area contributed by atoms with Gasteiger partial charge in [-0.15, -0.1) is 6.58 Å². The molecular weight excluding hydrogens is 180 g/mol. The van der Waals surface area contributed by atoms with Gasteiger partial charge in [-0.25, -0.2) is 4.79 Å². The molecule has 1 atom stereocenters. The fraction of sp³-hybridized carbons (Fsp3) is 0.545. The summed E-state index contributed by atoms with van der Waals surface area (Å²) < 4.78 is 10.2. The standard InChI is InChI=1S/C11H16O3/c1-3-5-9-6-7-14-10(9)8-11(12)13-4-2/h3,8-9H,1,4-7H2,2H3/b10-8+. The topological polar surface area (TPSA) is 35.5 Å². The van der Waals surface area contributed by atoms with Gasteiger partial charge in [-0.1, -0.05) is 6.08 Å². The minimum atomic E-state index is -0.321. The van der Waals surface area contributed by atoms with Crippen LogP contribution in [0.25, 0.3) is 0 Å². The second-order valence-electron chi connectivity index (χ2n) is 3.16. The maximum absolute atomic E-state index is 11.1. The molecule has 1 unspecified atom stereocenters. The quantitative estimate of drug-likeness (QED) is 0.392. The highest BCUT2D eigenvalue weighted by atomic mass is 16.5. The minimum Gasteiger partial charge on any atom is -0.497 e. The monoisotopic (exact) mass is 196 g/mol. The summed E-state index contributed by atoms with van der Waals surface area (Å²) in [6, 6.07) is 0. The number of hydrogen-bond acceptors (Lipinski definition) is 3. The molecule has 0 aliphatic carbocycles. The molecule has 1 aliphatic rings. The molecule has 78 valence electrons. The van der Waals surface area contributed by atoms with Crippen molar-refractivity contribution in [3.8, 4) is 0 Å². The number of rotatable bonds is 4. The Kier molecular flexibility index (Phi) is 4.23. The molecule has 0 spiro atoms. The molecule has 0 aromatic carbocycles. The van der Waals surface area contributed by atoms with Gasteiger partial charge in [-0.2, -0.15) is 0 Å². The van der Waals surface area contributed by atoms with Crippen molar-refractivity contribution >= 4 is 5.97 Å². The van der Waals surface area contributed by atoms with Crippen LogP contribution in [0.4, 0.5) is 0 Å². The Labute approximate surface area is 84.4 Å². The second-order valence-corrected chi connectivity index (χ2v) is 3.16. The van der Waals surface area contributed by atoms with Gasteiger partial charge in [0.15, 0.2) is 0 Å². The highest BCUT2D eigenvalue weighted by Crippen LogP contribution is 2.27. The van der Waals surface area contributed by atoms with Crippen LogP contribution in [0.15, 0.2) is 24.5 Å². The summed E-state index contributed by atoms with van der Waals surface area (Å²) in [5.74, 6) is 0.721. The van der Waals surface area contributed by atoms with E-state index in [4.69, 9.17) is 9.47 Å². The maximum atomic E-state index is 11.1. The van der Waals surface area contributed by atoms with Crippen LogP contribution in [0.1, 0.15) is 19.8 Å². The summed E-state index contributed by atoms with van der Waals surface area (Å²) in [5.41, 5.74) is 0. The van der Waals surface area contributed by atoms with Crippen LogP contribution >= 0.6 is 0 Å². The van der Waals surface area contributed by atoms with Crippen molar-refractivity contribution < 1.29 is 14.3 Å². The van der Waals surface area contributed by atoms with E-state index in [0.717, 1.165) is 18.6 Å². The lowest BCUT2D eigenvalue weighted by molar-refractivity contribution is -0.137. The zero-order chi connectivity index (χ0) is 10.4. The number of esters is 1. The lowest BCUT2D eigenvalue weighted by Gasteiger charge is -2.06. The van der Waals surface area contributed by atoms with Crippen molar-refractivity contribution in [1.29, 1.82) is 0 Å². The molecule has 0 aromatic rings. The molecule has 0 radical (unpaired) electrons. The van der Waals surface area contributed by atoms with Crippen LogP contribution in [0.3, 0.4) is 0 Å². The number of hydrogen-bond donors (Lipinski definition) is 0. The zero-order valence-corrected chi connectivity index (χ0v) is 8.49. The van der Waals surface area contributed by atoms with E-state index in [1.54, 1.807) is 6.92 Å². The first-order chi connectivity index (χ1) is 6.77. The zero-order valence-electron chi connectivity index (χ0n) is 8.49. The molecule has 1 rings (SSSR count). The third-order valence-corrected chi connectivity index (χ3v) is 2.14. The van der Waals surface area contributed by atoms with E-state index < -0.39 is 0 Å².